The minimum Gasteiger partial charge on any atom is -0.465 e. The van der Waals surface area contributed by atoms with E-state index in [2.05, 4.69) is 10.1 Å². The first-order chi connectivity index (χ1) is 11.2. The largest absolute Gasteiger partial charge is 0.465 e. The molecule has 0 atom stereocenters. The normalized spacial score (nSPS) is 10.0. The van der Waals surface area contributed by atoms with Crippen molar-refractivity contribution in [3.63, 3.8) is 0 Å². The monoisotopic (exact) mass is 313 g/mol. The molecule has 5 nitrogen and oxygen atoms in total. The number of rotatable bonds is 6. The molecule has 2 aromatic carbocycles. The van der Waals surface area contributed by atoms with Crippen molar-refractivity contribution in [1.29, 1.82) is 0 Å². The molecule has 5 heteroatoms. The lowest BCUT2D eigenvalue weighted by Crippen LogP contribution is -2.10. The molecular weight excluding hydrogens is 294 g/mol. The number of ether oxygens (including phenoxy) is 2. The van der Waals surface area contributed by atoms with Crippen LogP contribution in [0, 0.1) is 0 Å². The number of nitrogens with one attached hydrogen (secondary N) is 1. The lowest BCUT2D eigenvalue weighted by Gasteiger charge is -2.10. The molecule has 120 valence electrons. The maximum Gasteiger partial charge on any atom is 0.340 e. The molecule has 0 saturated carbocycles. The van der Waals surface area contributed by atoms with Crippen LogP contribution in [-0.2, 0) is 16.1 Å². The van der Waals surface area contributed by atoms with Crippen molar-refractivity contribution >= 4 is 17.6 Å². The molecule has 2 rings (SSSR count). The summed E-state index contributed by atoms with van der Waals surface area (Å²) in [6.45, 7) is 2.82. The third kappa shape index (κ3) is 4.32. The Kier molecular flexibility index (Phi) is 5.74. The fourth-order valence-electron chi connectivity index (χ4n) is 2.09. The fourth-order valence-corrected chi connectivity index (χ4v) is 2.09. The Bertz CT molecular complexity index is 680. The zero-order chi connectivity index (χ0) is 16.7. The van der Waals surface area contributed by atoms with Crippen molar-refractivity contribution < 1.29 is 19.1 Å². The van der Waals surface area contributed by atoms with E-state index < -0.39 is 11.9 Å². The van der Waals surface area contributed by atoms with Crippen molar-refractivity contribution in [1.82, 2.24) is 0 Å². The highest BCUT2D eigenvalue weighted by molar-refractivity contribution is 5.95. The smallest absolute Gasteiger partial charge is 0.340 e. The highest BCUT2D eigenvalue weighted by Gasteiger charge is 2.12. The van der Waals surface area contributed by atoms with Gasteiger partial charge in [0.2, 0.25) is 0 Å². The van der Waals surface area contributed by atoms with Gasteiger partial charge in [0.25, 0.3) is 0 Å². The minimum absolute atomic E-state index is 0.140. The van der Waals surface area contributed by atoms with Crippen molar-refractivity contribution in [2.75, 3.05) is 19.0 Å². The van der Waals surface area contributed by atoms with E-state index in [9.17, 15) is 9.59 Å². The maximum absolute atomic E-state index is 12.2. The van der Waals surface area contributed by atoms with Gasteiger partial charge in [0.1, 0.15) is 6.61 Å². The van der Waals surface area contributed by atoms with Gasteiger partial charge in [-0.2, -0.15) is 0 Å². The molecule has 2 aromatic rings. The Labute approximate surface area is 135 Å². The zero-order valence-electron chi connectivity index (χ0n) is 13.2. The van der Waals surface area contributed by atoms with Crippen LogP contribution in [0.15, 0.2) is 48.5 Å². The van der Waals surface area contributed by atoms with E-state index in [4.69, 9.17) is 4.74 Å². The fraction of sp³-hybridized carbons (Fsp3) is 0.222. The van der Waals surface area contributed by atoms with Crippen LogP contribution in [-0.4, -0.2) is 25.6 Å². The quantitative estimate of drug-likeness (QED) is 0.829. The zero-order valence-corrected chi connectivity index (χ0v) is 13.2. The summed E-state index contributed by atoms with van der Waals surface area (Å²) in [5.74, 6) is -0.785. The van der Waals surface area contributed by atoms with Gasteiger partial charge in [-0.3, -0.25) is 0 Å². The Morgan fingerprint density at radius 3 is 2.35 bits per heavy atom. The number of para-hydroxylation sites is 1. The second kappa shape index (κ2) is 7.98. The van der Waals surface area contributed by atoms with E-state index in [1.165, 1.54) is 7.11 Å². The van der Waals surface area contributed by atoms with Gasteiger partial charge in [-0.05, 0) is 36.8 Å². The van der Waals surface area contributed by atoms with Crippen LogP contribution in [0.3, 0.4) is 0 Å². The molecule has 0 aliphatic heterocycles. The van der Waals surface area contributed by atoms with Gasteiger partial charge in [0.05, 0.1) is 18.2 Å². The first-order valence-electron chi connectivity index (χ1n) is 7.33. The summed E-state index contributed by atoms with van der Waals surface area (Å²) >= 11 is 0. The van der Waals surface area contributed by atoms with Crippen molar-refractivity contribution in [2.24, 2.45) is 0 Å². The number of carbonyl (C=O) groups is 2. The Hall–Kier alpha value is -2.82. The molecule has 0 bridgehead atoms. The first-order valence-corrected chi connectivity index (χ1v) is 7.33. The topological polar surface area (TPSA) is 64.6 Å². The van der Waals surface area contributed by atoms with Crippen LogP contribution in [0.25, 0.3) is 0 Å². The summed E-state index contributed by atoms with van der Waals surface area (Å²) in [5, 5.41) is 3.13. The molecule has 0 aliphatic carbocycles. The van der Waals surface area contributed by atoms with Crippen LogP contribution in [0.4, 0.5) is 5.69 Å². The average molecular weight is 313 g/mol. The number of benzene rings is 2. The molecule has 1 N–H and O–H groups in total. The van der Waals surface area contributed by atoms with E-state index in [1.54, 1.807) is 36.4 Å². The van der Waals surface area contributed by atoms with E-state index >= 15 is 0 Å². The molecule has 0 aliphatic rings. The second-order valence-electron chi connectivity index (χ2n) is 4.84. The summed E-state index contributed by atoms with van der Waals surface area (Å²) in [6, 6.07) is 14.0. The van der Waals surface area contributed by atoms with Gasteiger partial charge in [0, 0.05) is 12.2 Å². The van der Waals surface area contributed by atoms with Gasteiger partial charge in [0.15, 0.2) is 0 Å². The lowest BCUT2D eigenvalue weighted by atomic mass is 10.1. The van der Waals surface area contributed by atoms with Gasteiger partial charge in [-0.25, -0.2) is 9.59 Å². The maximum atomic E-state index is 12.2. The number of methoxy groups -OCH3 is 1. The van der Waals surface area contributed by atoms with Crippen molar-refractivity contribution in [3.8, 4) is 0 Å². The summed E-state index contributed by atoms with van der Waals surface area (Å²) in [6.07, 6.45) is 0. The third-order valence-corrected chi connectivity index (χ3v) is 3.26. The van der Waals surface area contributed by atoms with Crippen LogP contribution < -0.4 is 5.32 Å². The van der Waals surface area contributed by atoms with Crippen LogP contribution in [0.5, 0.6) is 0 Å². The predicted molar refractivity (Wildman–Crippen MR) is 87.5 cm³/mol. The standard InChI is InChI=1S/C18H19NO4/c1-3-19-16-7-5-4-6-15(16)18(21)23-12-13-8-10-14(11-9-13)17(20)22-2/h4-11,19H,3,12H2,1-2H3. The minimum atomic E-state index is -0.395. The third-order valence-electron chi connectivity index (χ3n) is 3.26. The molecule has 0 heterocycles. The number of anilines is 1. The van der Waals surface area contributed by atoms with Crippen LogP contribution in [0.1, 0.15) is 33.2 Å². The van der Waals surface area contributed by atoms with E-state index in [0.717, 1.165) is 17.8 Å². The molecule has 0 saturated heterocycles. The number of esters is 2. The highest BCUT2D eigenvalue weighted by Crippen LogP contribution is 2.17. The Balaban J connectivity index is 2.00. The van der Waals surface area contributed by atoms with Gasteiger partial charge in [-0.15, -0.1) is 0 Å². The number of hydrogen-bond donors (Lipinski definition) is 1. The highest BCUT2D eigenvalue weighted by atomic mass is 16.5. The molecule has 0 spiro atoms. The summed E-state index contributed by atoms with van der Waals surface area (Å²) in [7, 11) is 1.33. The summed E-state index contributed by atoms with van der Waals surface area (Å²) in [4.78, 5) is 23.6. The molecular formula is C18H19NO4. The lowest BCUT2D eigenvalue weighted by molar-refractivity contribution is 0.0472. The molecule has 0 unspecified atom stereocenters. The van der Waals surface area contributed by atoms with Crippen LogP contribution in [0.2, 0.25) is 0 Å². The van der Waals surface area contributed by atoms with E-state index in [0.29, 0.717) is 11.1 Å². The first kappa shape index (κ1) is 16.5. The van der Waals surface area contributed by atoms with Gasteiger partial charge in [-0.1, -0.05) is 24.3 Å². The summed E-state index contributed by atoms with van der Waals surface area (Å²) in [5.41, 5.74) is 2.51. The molecule has 0 aromatic heterocycles. The van der Waals surface area contributed by atoms with E-state index in [-0.39, 0.29) is 6.61 Å². The Morgan fingerprint density at radius 1 is 1.00 bits per heavy atom. The number of hydrogen-bond acceptors (Lipinski definition) is 5. The SMILES string of the molecule is CCNc1ccccc1C(=O)OCc1ccc(C(=O)OC)cc1. The molecule has 23 heavy (non-hydrogen) atoms. The van der Waals surface area contributed by atoms with Gasteiger partial charge < -0.3 is 14.8 Å². The van der Waals surface area contributed by atoms with E-state index in [1.807, 2.05) is 19.1 Å². The van der Waals surface area contributed by atoms with Crippen molar-refractivity contribution in [2.45, 2.75) is 13.5 Å². The predicted octanol–water partition coefficient (Wildman–Crippen LogP) is 3.26. The molecule has 0 fully saturated rings. The van der Waals surface area contributed by atoms with Crippen molar-refractivity contribution in [3.05, 3.63) is 65.2 Å². The molecule has 0 amide bonds. The molecule has 0 radical (unpaired) electrons. The van der Waals surface area contributed by atoms with Gasteiger partial charge >= 0.3 is 11.9 Å². The number of carbonyl (C=O) groups excluding carboxylic acids is 2. The van der Waals surface area contributed by atoms with Crippen LogP contribution >= 0.6 is 0 Å². The summed E-state index contributed by atoms with van der Waals surface area (Å²) < 4.78 is 9.97. The average Bonchev–Trinajstić information content (AvgIpc) is 2.60. The Morgan fingerprint density at radius 2 is 1.70 bits per heavy atom. The second-order valence-corrected chi connectivity index (χ2v) is 4.84.